The zero-order valence-corrected chi connectivity index (χ0v) is 11.8. The Balaban J connectivity index is 2.15. The third-order valence-corrected chi connectivity index (χ3v) is 3.04. The number of nitrogens with one attached hydrogen (secondary N) is 1. The molecule has 0 spiro atoms. The van der Waals surface area contributed by atoms with Gasteiger partial charge >= 0.3 is 6.03 Å². The Morgan fingerprint density at radius 3 is 2.50 bits per heavy atom. The third-order valence-electron chi connectivity index (χ3n) is 3.04. The molecular formula is C16H19N3O. The fourth-order valence-corrected chi connectivity index (χ4v) is 2.01. The van der Waals surface area contributed by atoms with Gasteiger partial charge in [0.1, 0.15) is 0 Å². The summed E-state index contributed by atoms with van der Waals surface area (Å²) in [5.74, 6) is 0. The quantitative estimate of drug-likeness (QED) is 0.836. The molecule has 0 aromatic heterocycles. The van der Waals surface area contributed by atoms with Crippen LogP contribution in [0.5, 0.6) is 0 Å². The highest BCUT2D eigenvalue weighted by Gasteiger charge is 2.13. The first-order valence-corrected chi connectivity index (χ1v) is 6.61. The number of hydrogen-bond acceptors (Lipinski definition) is 2. The Labute approximate surface area is 119 Å². The maximum atomic E-state index is 12.3. The molecule has 2 aromatic carbocycles. The van der Waals surface area contributed by atoms with Gasteiger partial charge in [-0.2, -0.15) is 0 Å². The predicted octanol–water partition coefficient (Wildman–Crippen LogP) is 3.64. The van der Waals surface area contributed by atoms with E-state index < -0.39 is 0 Å². The standard InChI is InChI=1S/C16H19N3O/c1-3-19(15-9-7-13(17)8-10-15)16(20)18-14-6-4-5-12(2)11-14/h4-11H,3,17H2,1-2H3,(H,18,20). The summed E-state index contributed by atoms with van der Waals surface area (Å²) in [4.78, 5) is 14.0. The van der Waals surface area contributed by atoms with Gasteiger partial charge in [0, 0.05) is 23.6 Å². The van der Waals surface area contributed by atoms with E-state index in [2.05, 4.69) is 5.32 Å². The molecule has 0 saturated heterocycles. The Hall–Kier alpha value is -2.49. The molecule has 0 unspecified atom stereocenters. The molecule has 0 aliphatic rings. The largest absolute Gasteiger partial charge is 0.399 e. The van der Waals surface area contributed by atoms with Crippen molar-refractivity contribution in [1.82, 2.24) is 0 Å². The van der Waals surface area contributed by atoms with Gasteiger partial charge < -0.3 is 11.1 Å². The molecule has 0 aliphatic heterocycles. The molecule has 20 heavy (non-hydrogen) atoms. The molecule has 4 nitrogen and oxygen atoms in total. The van der Waals surface area contributed by atoms with Gasteiger partial charge in [-0.15, -0.1) is 0 Å². The Morgan fingerprint density at radius 1 is 1.20 bits per heavy atom. The molecule has 3 N–H and O–H groups in total. The summed E-state index contributed by atoms with van der Waals surface area (Å²) in [7, 11) is 0. The van der Waals surface area contributed by atoms with Crippen molar-refractivity contribution in [3.8, 4) is 0 Å². The summed E-state index contributed by atoms with van der Waals surface area (Å²) >= 11 is 0. The van der Waals surface area contributed by atoms with E-state index >= 15 is 0 Å². The summed E-state index contributed by atoms with van der Waals surface area (Å²) in [5, 5.41) is 2.90. The number of nitrogen functional groups attached to an aromatic ring is 1. The molecule has 2 aromatic rings. The molecule has 0 radical (unpaired) electrons. The number of hydrogen-bond donors (Lipinski definition) is 2. The number of benzene rings is 2. The number of nitrogens with two attached hydrogens (primary N) is 1. The van der Waals surface area contributed by atoms with Gasteiger partial charge in [0.2, 0.25) is 0 Å². The Kier molecular flexibility index (Phi) is 4.25. The van der Waals surface area contributed by atoms with Crippen LogP contribution in [0.2, 0.25) is 0 Å². The minimum atomic E-state index is -0.150. The normalized spacial score (nSPS) is 10.1. The molecule has 4 heteroatoms. The van der Waals surface area contributed by atoms with Crippen molar-refractivity contribution in [2.24, 2.45) is 0 Å². The highest BCUT2D eigenvalue weighted by Crippen LogP contribution is 2.18. The van der Waals surface area contributed by atoms with Crippen LogP contribution in [0.1, 0.15) is 12.5 Å². The maximum Gasteiger partial charge on any atom is 0.326 e. The van der Waals surface area contributed by atoms with E-state index in [1.165, 1.54) is 0 Å². The minimum absolute atomic E-state index is 0.150. The lowest BCUT2D eigenvalue weighted by Gasteiger charge is -2.21. The average molecular weight is 269 g/mol. The van der Waals surface area contributed by atoms with Crippen molar-refractivity contribution >= 4 is 23.1 Å². The van der Waals surface area contributed by atoms with Gasteiger partial charge in [-0.1, -0.05) is 12.1 Å². The second-order valence-corrected chi connectivity index (χ2v) is 4.64. The number of carbonyl (C=O) groups excluding carboxylic acids is 1. The first-order valence-electron chi connectivity index (χ1n) is 6.61. The van der Waals surface area contributed by atoms with Crippen LogP contribution < -0.4 is 16.0 Å². The number of aryl methyl sites for hydroxylation is 1. The highest BCUT2D eigenvalue weighted by atomic mass is 16.2. The molecule has 0 heterocycles. The molecule has 2 rings (SSSR count). The molecule has 0 atom stereocenters. The number of amides is 2. The van der Waals surface area contributed by atoms with E-state index in [1.807, 2.05) is 50.2 Å². The first kappa shape index (κ1) is 13.9. The second-order valence-electron chi connectivity index (χ2n) is 4.64. The van der Waals surface area contributed by atoms with E-state index in [0.29, 0.717) is 12.2 Å². The van der Waals surface area contributed by atoms with Crippen LogP contribution in [-0.4, -0.2) is 12.6 Å². The first-order chi connectivity index (χ1) is 9.60. The van der Waals surface area contributed by atoms with E-state index in [4.69, 9.17) is 5.73 Å². The van der Waals surface area contributed by atoms with Crippen molar-refractivity contribution < 1.29 is 4.79 Å². The van der Waals surface area contributed by atoms with Crippen molar-refractivity contribution in [1.29, 1.82) is 0 Å². The van der Waals surface area contributed by atoms with Crippen molar-refractivity contribution in [3.05, 3.63) is 54.1 Å². The monoisotopic (exact) mass is 269 g/mol. The topological polar surface area (TPSA) is 58.4 Å². The van der Waals surface area contributed by atoms with E-state index in [0.717, 1.165) is 16.9 Å². The zero-order chi connectivity index (χ0) is 14.5. The summed E-state index contributed by atoms with van der Waals surface area (Å²) in [6.45, 7) is 4.51. The fraction of sp³-hybridized carbons (Fsp3) is 0.188. The van der Waals surface area contributed by atoms with Crippen molar-refractivity contribution in [2.75, 3.05) is 22.5 Å². The van der Waals surface area contributed by atoms with Crippen LogP contribution in [0.4, 0.5) is 21.9 Å². The van der Waals surface area contributed by atoms with E-state index in [9.17, 15) is 4.79 Å². The van der Waals surface area contributed by atoms with Crippen LogP contribution in [-0.2, 0) is 0 Å². The molecule has 0 aliphatic carbocycles. The fourth-order valence-electron chi connectivity index (χ4n) is 2.01. The van der Waals surface area contributed by atoms with Gasteiger partial charge in [-0.25, -0.2) is 4.79 Å². The predicted molar refractivity (Wildman–Crippen MR) is 84.1 cm³/mol. The smallest absolute Gasteiger partial charge is 0.326 e. The van der Waals surface area contributed by atoms with Gasteiger partial charge in [-0.05, 0) is 55.8 Å². The van der Waals surface area contributed by atoms with E-state index in [1.54, 1.807) is 17.0 Å². The van der Waals surface area contributed by atoms with Gasteiger partial charge in [0.05, 0.1) is 0 Å². The van der Waals surface area contributed by atoms with Gasteiger partial charge in [0.15, 0.2) is 0 Å². The summed E-state index contributed by atoms with van der Waals surface area (Å²) < 4.78 is 0. The molecule has 104 valence electrons. The molecule has 0 fully saturated rings. The number of urea groups is 1. The van der Waals surface area contributed by atoms with Crippen LogP contribution in [0.3, 0.4) is 0 Å². The number of anilines is 3. The van der Waals surface area contributed by atoms with Crippen molar-refractivity contribution in [2.45, 2.75) is 13.8 Å². The second kappa shape index (κ2) is 6.10. The zero-order valence-electron chi connectivity index (χ0n) is 11.8. The lowest BCUT2D eigenvalue weighted by Crippen LogP contribution is -2.34. The highest BCUT2D eigenvalue weighted by molar-refractivity contribution is 6.01. The van der Waals surface area contributed by atoms with Gasteiger partial charge in [-0.3, -0.25) is 4.90 Å². The summed E-state index contributed by atoms with van der Waals surface area (Å²) in [6, 6.07) is 14.8. The van der Waals surface area contributed by atoms with Crippen LogP contribution >= 0.6 is 0 Å². The van der Waals surface area contributed by atoms with Crippen LogP contribution in [0.25, 0.3) is 0 Å². The lowest BCUT2D eigenvalue weighted by molar-refractivity contribution is 0.257. The Morgan fingerprint density at radius 2 is 1.90 bits per heavy atom. The Bertz CT molecular complexity index is 593. The van der Waals surface area contributed by atoms with Crippen molar-refractivity contribution in [3.63, 3.8) is 0 Å². The maximum absolute atomic E-state index is 12.3. The third kappa shape index (κ3) is 3.29. The number of carbonyl (C=O) groups is 1. The molecule has 0 saturated carbocycles. The minimum Gasteiger partial charge on any atom is -0.399 e. The van der Waals surface area contributed by atoms with Gasteiger partial charge in [0.25, 0.3) is 0 Å². The summed E-state index contributed by atoms with van der Waals surface area (Å²) in [5.41, 5.74) is 9.08. The molecule has 2 amide bonds. The number of nitrogens with zero attached hydrogens (tertiary/aromatic N) is 1. The average Bonchev–Trinajstić information content (AvgIpc) is 2.42. The van der Waals surface area contributed by atoms with E-state index in [-0.39, 0.29) is 6.03 Å². The summed E-state index contributed by atoms with van der Waals surface area (Å²) in [6.07, 6.45) is 0. The van der Waals surface area contributed by atoms with Crippen LogP contribution in [0.15, 0.2) is 48.5 Å². The number of rotatable bonds is 3. The SMILES string of the molecule is CCN(C(=O)Nc1cccc(C)c1)c1ccc(N)cc1. The molecule has 0 bridgehead atoms. The molecular weight excluding hydrogens is 250 g/mol. The lowest BCUT2D eigenvalue weighted by atomic mass is 10.2. The van der Waals surface area contributed by atoms with Crippen LogP contribution in [0, 0.1) is 6.92 Å².